The molecule has 0 bridgehead atoms. The first-order chi connectivity index (χ1) is 13.4. The van der Waals surface area contributed by atoms with Crippen LogP contribution in [0.4, 0.5) is 10.1 Å². The Morgan fingerprint density at radius 2 is 1.79 bits per heavy atom. The fourth-order valence-electron chi connectivity index (χ4n) is 2.67. The van der Waals surface area contributed by atoms with E-state index in [4.69, 9.17) is 11.6 Å². The van der Waals surface area contributed by atoms with Gasteiger partial charge in [0, 0.05) is 28.0 Å². The Balaban J connectivity index is 1.85. The molecule has 0 unspecified atom stereocenters. The van der Waals surface area contributed by atoms with Crippen LogP contribution in [0.25, 0.3) is 0 Å². The number of benzene rings is 2. The zero-order valence-corrected chi connectivity index (χ0v) is 15.7. The van der Waals surface area contributed by atoms with E-state index >= 15 is 0 Å². The van der Waals surface area contributed by atoms with Crippen LogP contribution in [0.5, 0.6) is 0 Å². The van der Waals surface area contributed by atoms with Crippen molar-refractivity contribution in [3.05, 3.63) is 98.7 Å². The standard InChI is InChI=1S/C21H16ClFN2O3/c1-13(26)14-7-9-15(10-8-14)24-20(27)16-4-3-11-25(21(16)28)12-17-18(22)5-2-6-19(17)23/h2-11H,12H2,1H3,(H,24,27). The highest BCUT2D eigenvalue weighted by Gasteiger charge is 2.15. The van der Waals surface area contributed by atoms with E-state index in [1.807, 2.05) is 0 Å². The van der Waals surface area contributed by atoms with Gasteiger partial charge >= 0.3 is 0 Å². The third kappa shape index (κ3) is 4.18. The molecule has 0 fully saturated rings. The zero-order chi connectivity index (χ0) is 20.3. The molecule has 0 aliphatic heterocycles. The van der Waals surface area contributed by atoms with Gasteiger partial charge < -0.3 is 9.88 Å². The number of hydrogen-bond donors (Lipinski definition) is 1. The molecule has 1 N–H and O–H groups in total. The van der Waals surface area contributed by atoms with Crippen molar-refractivity contribution in [1.82, 2.24) is 4.57 Å². The molecule has 1 aromatic heterocycles. The molecule has 0 atom stereocenters. The van der Waals surface area contributed by atoms with Gasteiger partial charge in [-0.25, -0.2) is 4.39 Å². The van der Waals surface area contributed by atoms with Gasteiger partial charge in [0.05, 0.1) is 6.54 Å². The average Bonchev–Trinajstić information content (AvgIpc) is 2.66. The number of halogens is 2. The summed E-state index contributed by atoms with van der Waals surface area (Å²) in [4.78, 5) is 36.5. The van der Waals surface area contributed by atoms with Crippen molar-refractivity contribution in [3.8, 4) is 0 Å². The number of ketones is 1. The SMILES string of the molecule is CC(=O)c1ccc(NC(=O)c2cccn(Cc3c(F)cccc3Cl)c2=O)cc1. The minimum absolute atomic E-state index is 0.0874. The van der Waals surface area contributed by atoms with E-state index in [2.05, 4.69) is 5.32 Å². The minimum atomic E-state index is -0.602. The maximum atomic E-state index is 14.0. The maximum Gasteiger partial charge on any atom is 0.263 e. The van der Waals surface area contributed by atoms with Gasteiger partial charge in [0.1, 0.15) is 11.4 Å². The predicted molar refractivity (Wildman–Crippen MR) is 106 cm³/mol. The maximum absolute atomic E-state index is 14.0. The van der Waals surface area contributed by atoms with Gasteiger partial charge in [-0.1, -0.05) is 17.7 Å². The number of Topliss-reactive ketones (excluding diaryl/α,β-unsaturated/α-hetero) is 1. The van der Waals surface area contributed by atoms with E-state index in [1.165, 1.54) is 48.0 Å². The van der Waals surface area contributed by atoms with E-state index in [9.17, 15) is 18.8 Å². The summed E-state index contributed by atoms with van der Waals surface area (Å²) >= 11 is 6.02. The van der Waals surface area contributed by atoms with E-state index in [0.717, 1.165) is 0 Å². The number of hydrogen-bond acceptors (Lipinski definition) is 3. The molecule has 0 aliphatic carbocycles. The third-order valence-corrected chi connectivity index (χ3v) is 4.56. The lowest BCUT2D eigenvalue weighted by Gasteiger charge is -2.11. The van der Waals surface area contributed by atoms with Crippen molar-refractivity contribution in [2.75, 3.05) is 5.32 Å². The van der Waals surface area contributed by atoms with E-state index in [-0.39, 0.29) is 28.5 Å². The van der Waals surface area contributed by atoms with Crippen LogP contribution in [0.2, 0.25) is 5.02 Å². The molecule has 0 aliphatic rings. The monoisotopic (exact) mass is 398 g/mol. The number of pyridine rings is 1. The molecule has 0 saturated heterocycles. The highest BCUT2D eigenvalue weighted by atomic mass is 35.5. The zero-order valence-electron chi connectivity index (χ0n) is 14.9. The summed E-state index contributed by atoms with van der Waals surface area (Å²) in [7, 11) is 0. The van der Waals surface area contributed by atoms with Crippen LogP contribution in [0.1, 0.15) is 33.2 Å². The topological polar surface area (TPSA) is 68.2 Å². The molecular weight excluding hydrogens is 383 g/mol. The molecule has 7 heteroatoms. The molecule has 142 valence electrons. The largest absolute Gasteiger partial charge is 0.322 e. The van der Waals surface area contributed by atoms with Crippen molar-refractivity contribution >= 4 is 29.0 Å². The minimum Gasteiger partial charge on any atom is -0.322 e. The van der Waals surface area contributed by atoms with Crippen molar-refractivity contribution < 1.29 is 14.0 Å². The van der Waals surface area contributed by atoms with Crippen molar-refractivity contribution in [3.63, 3.8) is 0 Å². The second-order valence-corrected chi connectivity index (χ2v) is 6.55. The quantitative estimate of drug-likeness (QED) is 0.656. The first-order valence-corrected chi connectivity index (χ1v) is 8.79. The number of rotatable bonds is 5. The number of nitrogens with one attached hydrogen (secondary N) is 1. The van der Waals surface area contributed by atoms with Gasteiger partial charge in [0.25, 0.3) is 11.5 Å². The lowest BCUT2D eigenvalue weighted by Crippen LogP contribution is -2.29. The highest BCUT2D eigenvalue weighted by Crippen LogP contribution is 2.19. The Kier molecular flexibility index (Phi) is 5.70. The number of carbonyl (C=O) groups excluding carboxylic acids is 2. The molecule has 28 heavy (non-hydrogen) atoms. The fraction of sp³-hybridized carbons (Fsp3) is 0.0952. The van der Waals surface area contributed by atoms with Gasteiger partial charge in [-0.05, 0) is 55.5 Å². The number of aromatic nitrogens is 1. The molecule has 0 saturated carbocycles. The lowest BCUT2D eigenvalue weighted by atomic mass is 10.1. The number of nitrogens with zero attached hydrogens (tertiary/aromatic N) is 1. The van der Waals surface area contributed by atoms with Crippen molar-refractivity contribution in [2.24, 2.45) is 0 Å². The van der Waals surface area contributed by atoms with Crippen LogP contribution >= 0.6 is 11.6 Å². The van der Waals surface area contributed by atoms with Crippen LogP contribution in [-0.4, -0.2) is 16.3 Å². The highest BCUT2D eigenvalue weighted by molar-refractivity contribution is 6.31. The van der Waals surface area contributed by atoms with Gasteiger partial charge in [0.2, 0.25) is 0 Å². The van der Waals surface area contributed by atoms with Crippen LogP contribution < -0.4 is 10.9 Å². The van der Waals surface area contributed by atoms with Crippen LogP contribution in [-0.2, 0) is 6.54 Å². The summed E-state index contributed by atoms with van der Waals surface area (Å²) in [6, 6.07) is 13.5. The fourth-order valence-corrected chi connectivity index (χ4v) is 2.90. The Hall–Kier alpha value is -3.25. The molecular formula is C21H16ClFN2O3. The summed E-state index contributed by atoms with van der Waals surface area (Å²) in [6.45, 7) is 1.35. The number of anilines is 1. The smallest absolute Gasteiger partial charge is 0.263 e. The molecule has 1 amide bonds. The second-order valence-electron chi connectivity index (χ2n) is 6.14. The normalized spacial score (nSPS) is 10.5. The Labute approximate surface area is 165 Å². The molecule has 0 spiro atoms. The molecule has 5 nitrogen and oxygen atoms in total. The Bertz CT molecular complexity index is 1090. The van der Waals surface area contributed by atoms with Gasteiger partial charge in [-0.3, -0.25) is 14.4 Å². The summed E-state index contributed by atoms with van der Waals surface area (Å²) in [5.74, 6) is -1.22. The van der Waals surface area contributed by atoms with Crippen LogP contribution in [0.15, 0.2) is 65.6 Å². The summed E-state index contributed by atoms with van der Waals surface area (Å²) in [5, 5.41) is 2.82. The first kappa shape index (κ1) is 19.5. The van der Waals surface area contributed by atoms with E-state index in [0.29, 0.717) is 11.3 Å². The Morgan fingerprint density at radius 3 is 2.43 bits per heavy atom. The van der Waals surface area contributed by atoms with Gasteiger partial charge in [0.15, 0.2) is 5.78 Å². The van der Waals surface area contributed by atoms with Crippen LogP contribution in [0, 0.1) is 5.82 Å². The molecule has 2 aromatic carbocycles. The summed E-state index contributed by atoms with van der Waals surface area (Å²) in [5.41, 5.74) is 0.470. The molecule has 3 aromatic rings. The van der Waals surface area contributed by atoms with E-state index < -0.39 is 17.3 Å². The summed E-state index contributed by atoms with van der Waals surface area (Å²) in [6.07, 6.45) is 1.46. The number of amides is 1. The summed E-state index contributed by atoms with van der Waals surface area (Å²) < 4.78 is 15.2. The van der Waals surface area contributed by atoms with E-state index in [1.54, 1.807) is 24.3 Å². The molecule has 3 rings (SSSR count). The third-order valence-electron chi connectivity index (χ3n) is 4.20. The van der Waals surface area contributed by atoms with Crippen molar-refractivity contribution in [2.45, 2.75) is 13.5 Å². The number of carbonyl (C=O) groups is 2. The molecule has 0 radical (unpaired) electrons. The predicted octanol–water partition coefficient (Wildman–Crippen LogP) is 4.14. The molecule has 1 heterocycles. The van der Waals surface area contributed by atoms with Gasteiger partial charge in [-0.15, -0.1) is 0 Å². The van der Waals surface area contributed by atoms with Crippen LogP contribution in [0.3, 0.4) is 0 Å². The lowest BCUT2D eigenvalue weighted by molar-refractivity contribution is 0.101. The first-order valence-electron chi connectivity index (χ1n) is 8.41. The average molecular weight is 399 g/mol. The van der Waals surface area contributed by atoms with Gasteiger partial charge in [-0.2, -0.15) is 0 Å². The second kappa shape index (κ2) is 8.19. The Morgan fingerprint density at radius 1 is 1.07 bits per heavy atom. The van der Waals surface area contributed by atoms with Crippen molar-refractivity contribution in [1.29, 1.82) is 0 Å².